The summed E-state index contributed by atoms with van der Waals surface area (Å²) < 4.78 is 10.0. The number of methoxy groups -OCH3 is 1. The highest BCUT2D eigenvalue weighted by Gasteiger charge is 2.16. The lowest BCUT2D eigenvalue weighted by Gasteiger charge is -2.10. The van der Waals surface area contributed by atoms with Crippen molar-refractivity contribution in [2.24, 2.45) is 0 Å². The molecule has 0 radical (unpaired) electrons. The predicted octanol–water partition coefficient (Wildman–Crippen LogP) is 2.36. The summed E-state index contributed by atoms with van der Waals surface area (Å²) in [6.45, 7) is 3.30. The molecule has 2 N–H and O–H groups in total. The minimum absolute atomic E-state index is 0.109. The Balaban J connectivity index is 2.04. The lowest BCUT2D eigenvalue weighted by Crippen LogP contribution is -2.29. The summed E-state index contributed by atoms with van der Waals surface area (Å²) in [7, 11) is 1.53. The van der Waals surface area contributed by atoms with E-state index in [1.807, 2.05) is 0 Å². The smallest absolute Gasteiger partial charge is 0.335 e. The van der Waals surface area contributed by atoms with Crippen molar-refractivity contribution in [1.29, 1.82) is 0 Å². The summed E-state index contributed by atoms with van der Waals surface area (Å²) in [6.07, 6.45) is 0.995. The number of para-hydroxylation sites is 2. The lowest BCUT2D eigenvalue weighted by atomic mass is 10.2. The molecule has 0 saturated heterocycles. The highest BCUT2D eigenvalue weighted by molar-refractivity contribution is 6.43. The third kappa shape index (κ3) is 4.93. The molecular formula is C18H16N2O5. The summed E-state index contributed by atoms with van der Waals surface area (Å²) in [5, 5.41) is 4.85. The maximum atomic E-state index is 12.0. The first-order valence-electron chi connectivity index (χ1n) is 7.23. The van der Waals surface area contributed by atoms with E-state index in [4.69, 9.17) is 9.47 Å². The van der Waals surface area contributed by atoms with Crippen LogP contribution in [0.5, 0.6) is 11.5 Å². The van der Waals surface area contributed by atoms with Crippen molar-refractivity contribution in [2.75, 3.05) is 17.7 Å². The summed E-state index contributed by atoms with van der Waals surface area (Å²) in [6, 6.07) is 12.7. The Bertz CT molecular complexity index is 799. The molecule has 2 amide bonds. The molecule has 0 aliphatic carbocycles. The first-order valence-corrected chi connectivity index (χ1v) is 7.23. The van der Waals surface area contributed by atoms with Crippen LogP contribution >= 0.6 is 0 Å². The third-order valence-electron chi connectivity index (χ3n) is 3.07. The van der Waals surface area contributed by atoms with Crippen molar-refractivity contribution in [1.82, 2.24) is 0 Å². The Morgan fingerprint density at radius 2 is 1.60 bits per heavy atom. The van der Waals surface area contributed by atoms with Crippen molar-refractivity contribution in [3.8, 4) is 11.5 Å². The van der Waals surface area contributed by atoms with E-state index in [0.717, 1.165) is 6.08 Å². The topological polar surface area (TPSA) is 93.7 Å². The molecule has 2 aromatic carbocycles. The molecule has 25 heavy (non-hydrogen) atoms. The summed E-state index contributed by atoms with van der Waals surface area (Å²) in [5.74, 6) is -1.71. The molecule has 0 atom stereocenters. The number of carbonyl (C=O) groups excluding carboxylic acids is 3. The molecule has 0 heterocycles. The van der Waals surface area contributed by atoms with Crippen LogP contribution in [0.4, 0.5) is 11.4 Å². The average Bonchev–Trinajstić information content (AvgIpc) is 2.63. The Hall–Kier alpha value is -3.61. The van der Waals surface area contributed by atoms with Gasteiger partial charge in [-0.2, -0.15) is 0 Å². The van der Waals surface area contributed by atoms with E-state index < -0.39 is 17.8 Å². The van der Waals surface area contributed by atoms with Gasteiger partial charge in [0.1, 0.15) is 5.75 Å². The number of ether oxygens (including phenoxy) is 2. The van der Waals surface area contributed by atoms with Gasteiger partial charge in [0.25, 0.3) is 0 Å². The highest BCUT2D eigenvalue weighted by atomic mass is 16.5. The molecular weight excluding hydrogens is 324 g/mol. The van der Waals surface area contributed by atoms with E-state index in [0.29, 0.717) is 11.4 Å². The van der Waals surface area contributed by atoms with Gasteiger partial charge in [-0.15, -0.1) is 0 Å². The number of nitrogens with one attached hydrogen (secondary N) is 2. The van der Waals surface area contributed by atoms with Crippen LogP contribution in [0.15, 0.2) is 61.2 Å². The molecule has 0 aliphatic rings. The van der Waals surface area contributed by atoms with Crippen LogP contribution in [0.25, 0.3) is 0 Å². The van der Waals surface area contributed by atoms with Crippen molar-refractivity contribution < 1.29 is 23.9 Å². The van der Waals surface area contributed by atoms with Gasteiger partial charge in [-0.25, -0.2) is 4.79 Å². The van der Waals surface area contributed by atoms with Crippen molar-refractivity contribution in [3.05, 3.63) is 61.2 Å². The predicted molar refractivity (Wildman–Crippen MR) is 92.5 cm³/mol. The fourth-order valence-electron chi connectivity index (χ4n) is 1.85. The molecule has 0 spiro atoms. The Kier molecular flexibility index (Phi) is 5.89. The number of benzene rings is 2. The van der Waals surface area contributed by atoms with E-state index in [9.17, 15) is 14.4 Å². The first kappa shape index (κ1) is 17.7. The number of amides is 2. The molecule has 128 valence electrons. The number of hydrogen-bond donors (Lipinski definition) is 2. The van der Waals surface area contributed by atoms with Crippen LogP contribution in [0.3, 0.4) is 0 Å². The summed E-state index contributed by atoms with van der Waals surface area (Å²) in [4.78, 5) is 35.3. The zero-order chi connectivity index (χ0) is 18.2. The highest BCUT2D eigenvalue weighted by Crippen LogP contribution is 2.24. The van der Waals surface area contributed by atoms with Gasteiger partial charge in [0.15, 0.2) is 5.75 Å². The first-order chi connectivity index (χ1) is 12.0. The monoisotopic (exact) mass is 340 g/mol. The second kappa shape index (κ2) is 8.30. The molecule has 2 rings (SSSR count). The van der Waals surface area contributed by atoms with Crippen molar-refractivity contribution in [2.45, 2.75) is 0 Å². The Morgan fingerprint density at radius 1 is 0.960 bits per heavy atom. The van der Waals surface area contributed by atoms with Gasteiger partial charge < -0.3 is 20.1 Å². The van der Waals surface area contributed by atoms with E-state index in [-0.39, 0.29) is 11.4 Å². The van der Waals surface area contributed by atoms with E-state index in [2.05, 4.69) is 17.2 Å². The second-order valence-corrected chi connectivity index (χ2v) is 4.76. The van der Waals surface area contributed by atoms with Crippen LogP contribution in [0.1, 0.15) is 0 Å². The second-order valence-electron chi connectivity index (χ2n) is 4.76. The van der Waals surface area contributed by atoms with Gasteiger partial charge in [-0.1, -0.05) is 18.7 Å². The van der Waals surface area contributed by atoms with Gasteiger partial charge in [0.05, 0.1) is 12.8 Å². The fourth-order valence-corrected chi connectivity index (χ4v) is 1.85. The molecule has 0 saturated carbocycles. The van der Waals surface area contributed by atoms with Crippen LogP contribution < -0.4 is 20.1 Å². The Labute approximate surface area is 144 Å². The average molecular weight is 340 g/mol. The maximum absolute atomic E-state index is 12.0. The maximum Gasteiger partial charge on any atom is 0.335 e. The largest absolute Gasteiger partial charge is 0.497 e. The Morgan fingerprint density at radius 3 is 2.24 bits per heavy atom. The molecule has 2 aromatic rings. The van der Waals surface area contributed by atoms with E-state index in [1.54, 1.807) is 36.4 Å². The molecule has 0 unspecified atom stereocenters. The lowest BCUT2D eigenvalue weighted by molar-refractivity contribution is -0.133. The molecule has 0 aliphatic heterocycles. The number of rotatable bonds is 5. The number of anilines is 2. The normalized spacial score (nSPS) is 9.64. The molecule has 7 heteroatoms. The quantitative estimate of drug-likeness (QED) is 0.377. The minimum atomic E-state index is -0.905. The van der Waals surface area contributed by atoms with Crippen molar-refractivity contribution >= 4 is 29.2 Å². The minimum Gasteiger partial charge on any atom is -0.497 e. The van der Waals surface area contributed by atoms with E-state index in [1.165, 1.54) is 19.2 Å². The molecule has 0 bridgehead atoms. The van der Waals surface area contributed by atoms with Gasteiger partial charge >= 0.3 is 17.8 Å². The molecule has 0 fully saturated rings. The van der Waals surface area contributed by atoms with Crippen LogP contribution in [-0.4, -0.2) is 24.9 Å². The summed E-state index contributed by atoms with van der Waals surface area (Å²) >= 11 is 0. The number of esters is 1. The van der Waals surface area contributed by atoms with Crippen LogP contribution in [-0.2, 0) is 14.4 Å². The summed E-state index contributed by atoms with van der Waals surface area (Å²) in [5.41, 5.74) is 0.625. The fraction of sp³-hybridized carbons (Fsp3) is 0.0556. The SMILES string of the molecule is C=CC(=O)Oc1ccccc1NC(=O)C(=O)Nc1ccc(OC)cc1. The molecule has 0 aromatic heterocycles. The van der Waals surface area contributed by atoms with Gasteiger partial charge in [0, 0.05) is 11.8 Å². The van der Waals surface area contributed by atoms with Crippen LogP contribution in [0.2, 0.25) is 0 Å². The van der Waals surface area contributed by atoms with E-state index >= 15 is 0 Å². The van der Waals surface area contributed by atoms with Gasteiger partial charge in [-0.3, -0.25) is 9.59 Å². The van der Waals surface area contributed by atoms with Crippen molar-refractivity contribution in [3.63, 3.8) is 0 Å². The third-order valence-corrected chi connectivity index (χ3v) is 3.07. The van der Waals surface area contributed by atoms with Crippen LogP contribution in [0, 0.1) is 0 Å². The number of carbonyl (C=O) groups is 3. The van der Waals surface area contributed by atoms with Gasteiger partial charge in [-0.05, 0) is 36.4 Å². The standard InChI is InChI=1S/C18H16N2O5/c1-3-16(21)25-15-7-5-4-6-14(15)20-18(23)17(22)19-12-8-10-13(24-2)11-9-12/h3-11H,1H2,2H3,(H,19,22)(H,20,23). The zero-order valence-electron chi connectivity index (χ0n) is 13.4. The molecule has 7 nitrogen and oxygen atoms in total. The van der Waals surface area contributed by atoms with Gasteiger partial charge in [0.2, 0.25) is 0 Å². The number of hydrogen-bond acceptors (Lipinski definition) is 5. The zero-order valence-corrected chi connectivity index (χ0v) is 13.4.